The number of hydrogen-bond donors (Lipinski definition) is 2. The molecule has 3 atom stereocenters. The average molecular weight is 377 g/mol. The lowest BCUT2D eigenvalue weighted by atomic mass is 9.92. The Morgan fingerprint density at radius 2 is 2.12 bits per heavy atom. The van der Waals surface area contributed by atoms with Gasteiger partial charge in [0.25, 0.3) is 0 Å². The number of nitrogens with zero attached hydrogens (tertiary/aromatic N) is 2. The molecule has 6 heteroatoms. The number of benzene rings is 1. The monoisotopic (exact) mass is 376 g/mol. The molecule has 26 heavy (non-hydrogen) atoms. The predicted molar refractivity (Wildman–Crippen MR) is 107 cm³/mol. The zero-order valence-electron chi connectivity index (χ0n) is 15.7. The fourth-order valence-electron chi connectivity index (χ4n) is 3.59. The minimum atomic E-state index is 0. The summed E-state index contributed by atoms with van der Waals surface area (Å²) in [4.78, 5) is 12.5. The van der Waals surface area contributed by atoms with Gasteiger partial charge in [-0.05, 0) is 58.4 Å². The Morgan fingerprint density at radius 3 is 2.81 bits per heavy atom. The van der Waals surface area contributed by atoms with Crippen molar-refractivity contribution in [2.24, 2.45) is 5.92 Å². The van der Waals surface area contributed by atoms with E-state index in [9.17, 15) is 4.79 Å². The van der Waals surface area contributed by atoms with Gasteiger partial charge in [0, 0.05) is 30.1 Å². The Morgan fingerprint density at radius 1 is 1.38 bits per heavy atom. The van der Waals surface area contributed by atoms with Crippen molar-refractivity contribution in [3.63, 3.8) is 0 Å². The smallest absolute Gasteiger partial charge is 0.223 e. The van der Waals surface area contributed by atoms with Crippen LogP contribution in [0.1, 0.15) is 38.1 Å². The van der Waals surface area contributed by atoms with Crippen LogP contribution in [-0.4, -0.2) is 34.3 Å². The van der Waals surface area contributed by atoms with Gasteiger partial charge >= 0.3 is 0 Å². The number of piperidine rings is 1. The summed E-state index contributed by atoms with van der Waals surface area (Å²) < 4.78 is 1.98. The van der Waals surface area contributed by atoms with Gasteiger partial charge < -0.3 is 10.6 Å². The molecule has 3 rings (SSSR count). The fourth-order valence-corrected chi connectivity index (χ4v) is 3.59. The van der Waals surface area contributed by atoms with Gasteiger partial charge in [-0.15, -0.1) is 12.4 Å². The lowest BCUT2D eigenvalue weighted by molar-refractivity contribution is -0.126. The van der Waals surface area contributed by atoms with E-state index in [1.54, 1.807) is 0 Å². The maximum atomic E-state index is 12.5. The topological polar surface area (TPSA) is 59.0 Å². The summed E-state index contributed by atoms with van der Waals surface area (Å²) in [6.45, 7) is 7.14. The van der Waals surface area contributed by atoms with Crippen molar-refractivity contribution in [3.05, 3.63) is 47.8 Å². The molecule has 5 nitrogen and oxygen atoms in total. The second-order valence-corrected chi connectivity index (χ2v) is 7.21. The van der Waals surface area contributed by atoms with E-state index < -0.39 is 0 Å². The van der Waals surface area contributed by atoms with Crippen molar-refractivity contribution < 1.29 is 4.79 Å². The molecule has 0 aliphatic carbocycles. The second-order valence-electron chi connectivity index (χ2n) is 7.21. The Bertz CT molecular complexity index is 716. The summed E-state index contributed by atoms with van der Waals surface area (Å²) in [7, 11) is 0. The normalized spacial score (nSPS) is 20.9. The number of nitrogens with one attached hydrogen (secondary N) is 2. The molecule has 1 amide bonds. The number of amides is 1. The molecule has 1 aliphatic heterocycles. The molecule has 0 bridgehead atoms. The first kappa shape index (κ1) is 20.5. The SMILES string of the molecule is Cc1cc(CC(C)NC(=O)[C@H]2CCN[C@@H](C)C2)n(-c2ccccc2)n1.Cl. The molecule has 1 unspecified atom stereocenters. The highest BCUT2D eigenvalue weighted by atomic mass is 35.5. The largest absolute Gasteiger partial charge is 0.353 e. The van der Waals surface area contributed by atoms with E-state index in [-0.39, 0.29) is 30.3 Å². The number of hydrogen-bond acceptors (Lipinski definition) is 3. The molecule has 0 saturated carbocycles. The molecule has 1 aromatic heterocycles. The molecule has 0 radical (unpaired) electrons. The maximum absolute atomic E-state index is 12.5. The molecule has 0 spiro atoms. The van der Waals surface area contributed by atoms with Gasteiger partial charge in [-0.1, -0.05) is 18.2 Å². The van der Waals surface area contributed by atoms with E-state index in [1.165, 1.54) is 0 Å². The summed E-state index contributed by atoms with van der Waals surface area (Å²) in [5, 5.41) is 11.2. The predicted octanol–water partition coefficient (Wildman–Crippen LogP) is 3.04. The van der Waals surface area contributed by atoms with Gasteiger partial charge in [0.15, 0.2) is 0 Å². The van der Waals surface area contributed by atoms with E-state index in [1.807, 2.05) is 29.8 Å². The molecule has 2 aromatic rings. The van der Waals surface area contributed by atoms with E-state index in [0.717, 1.165) is 42.9 Å². The van der Waals surface area contributed by atoms with E-state index in [4.69, 9.17) is 0 Å². The van der Waals surface area contributed by atoms with Crippen LogP contribution < -0.4 is 10.6 Å². The minimum Gasteiger partial charge on any atom is -0.353 e. The molecule has 142 valence electrons. The molecule has 1 fully saturated rings. The zero-order chi connectivity index (χ0) is 17.8. The summed E-state index contributed by atoms with van der Waals surface area (Å²) >= 11 is 0. The maximum Gasteiger partial charge on any atom is 0.223 e. The molecular weight excluding hydrogens is 348 g/mol. The van der Waals surface area contributed by atoms with Crippen molar-refractivity contribution in [1.82, 2.24) is 20.4 Å². The van der Waals surface area contributed by atoms with Crippen molar-refractivity contribution in [1.29, 1.82) is 0 Å². The first-order valence-electron chi connectivity index (χ1n) is 9.17. The highest BCUT2D eigenvalue weighted by molar-refractivity contribution is 5.85. The van der Waals surface area contributed by atoms with E-state index >= 15 is 0 Å². The molecule has 1 saturated heterocycles. The van der Waals surface area contributed by atoms with Crippen LogP contribution in [0.3, 0.4) is 0 Å². The number of carbonyl (C=O) groups excluding carboxylic acids is 1. The van der Waals surface area contributed by atoms with Crippen LogP contribution in [0, 0.1) is 12.8 Å². The number of aromatic nitrogens is 2. The van der Waals surface area contributed by atoms with E-state index in [0.29, 0.717) is 6.04 Å². The van der Waals surface area contributed by atoms with Crippen LogP contribution in [0.4, 0.5) is 0 Å². The summed E-state index contributed by atoms with van der Waals surface area (Å²) in [5.74, 6) is 0.308. The van der Waals surface area contributed by atoms with Crippen LogP contribution >= 0.6 is 12.4 Å². The highest BCUT2D eigenvalue weighted by Gasteiger charge is 2.25. The molecule has 2 heterocycles. The van der Waals surface area contributed by atoms with E-state index in [2.05, 4.69) is 47.8 Å². The second kappa shape index (κ2) is 9.19. The Hall–Kier alpha value is -1.85. The van der Waals surface area contributed by atoms with Crippen LogP contribution in [0.15, 0.2) is 36.4 Å². The van der Waals surface area contributed by atoms with Gasteiger partial charge in [-0.3, -0.25) is 4.79 Å². The van der Waals surface area contributed by atoms with Crippen molar-refractivity contribution >= 4 is 18.3 Å². The lowest BCUT2D eigenvalue weighted by Crippen LogP contribution is -2.45. The zero-order valence-corrected chi connectivity index (χ0v) is 16.6. The van der Waals surface area contributed by atoms with Gasteiger partial charge in [-0.25, -0.2) is 4.68 Å². The third-order valence-corrected chi connectivity index (χ3v) is 4.80. The van der Waals surface area contributed by atoms with Crippen LogP contribution in [0.25, 0.3) is 5.69 Å². The lowest BCUT2D eigenvalue weighted by Gasteiger charge is -2.28. The van der Waals surface area contributed by atoms with Gasteiger partial charge in [0.1, 0.15) is 0 Å². The summed E-state index contributed by atoms with van der Waals surface area (Å²) in [6, 6.07) is 12.7. The number of carbonyl (C=O) groups is 1. The number of para-hydroxylation sites is 1. The third kappa shape index (κ3) is 5.08. The molecule has 1 aromatic carbocycles. The van der Waals surface area contributed by atoms with Crippen molar-refractivity contribution in [2.45, 2.75) is 52.1 Å². The summed E-state index contributed by atoms with van der Waals surface area (Å²) in [5.41, 5.74) is 3.16. The first-order chi connectivity index (χ1) is 12.0. The van der Waals surface area contributed by atoms with Crippen molar-refractivity contribution in [2.75, 3.05) is 6.54 Å². The van der Waals surface area contributed by atoms with Crippen LogP contribution in [0.5, 0.6) is 0 Å². The first-order valence-corrected chi connectivity index (χ1v) is 9.17. The Kier molecular flexibility index (Phi) is 7.23. The fraction of sp³-hybridized carbons (Fsp3) is 0.500. The van der Waals surface area contributed by atoms with Gasteiger partial charge in [0.05, 0.1) is 11.4 Å². The molecule has 2 N–H and O–H groups in total. The summed E-state index contributed by atoms with van der Waals surface area (Å²) in [6.07, 6.45) is 2.60. The van der Waals surface area contributed by atoms with Gasteiger partial charge in [0.2, 0.25) is 5.91 Å². The number of rotatable bonds is 5. The highest BCUT2D eigenvalue weighted by Crippen LogP contribution is 2.17. The number of aryl methyl sites for hydroxylation is 1. The Balaban J connectivity index is 0.00000243. The van der Waals surface area contributed by atoms with Crippen LogP contribution in [-0.2, 0) is 11.2 Å². The minimum absolute atomic E-state index is 0. The van der Waals surface area contributed by atoms with Crippen LogP contribution in [0.2, 0.25) is 0 Å². The standard InChI is InChI=1S/C20H28N4O.ClH/c1-14-11-17(9-10-21-14)20(25)22-15(2)12-19-13-16(3)23-24(19)18-7-5-4-6-8-18;/h4-8,13-15,17,21H,9-12H2,1-3H3,(H,22,25);1H/t14-,15?,17-;/m0./s1. The molecule has 1 aliphatic rings. The van der Waals surface area contributed by atoms with Crippen molar-refractivity contribution in [3.8, 4) is 5.69 Å². The average Bonchev–Trinajstić information content (AvgIpc) is 2.95. The van der Waals surface area contributed by atoms with Gasteiger partial charge in [-0.2, -0.15) is 5.10 Å². The Labute approximate surface area is 162 Å². The number of halogens is 1. The third-order valence-electron chi connectivity index (χ3n) is 4.80. The quantitative estimate of drug-likeness (QED) is 0.843. The molecular formula is C20H29ClN4O.